The molecular formula is C11H20N2O3. The fourth-order valence-electron chi connectivity index (χ4n) is 1.50. The van der Waals surface area contributed by atoms with Gasteiger partial charge in [0.15, 0.2) is 0 Å². The van der Waals surface area contributed by atoms with E-state index >= 15 is 0 Å². The van der Waals surface area contributed by atoms with Crippen LogP contribution in [0.1, 0.15) is 27.2 Å². The lowest BCUT2D eigenvalue weighted by molar-refractivity contribution is -0.141. The third-order valence-corrected chi connectivity index (χ3v) is 3.30. The van der Waals surface area contributed by atoms with E-state index in [-0.39, 0.29) is 12.1 Å². The second-order valence-electron chi connectivity index (χ2n) is 4.74. The van der Waals surface area contributed by atoms with E-state index in [1.165, 1.54) is 6.42 Å². The smallest absolute Gasteiger partial charge is 0.315 e. The zero-order valence-electron chi connectivity index (χ0n) is 9.99. The van der Waals surface area contributed by atoms with Crippen molar-refractivity contribution in [1.82, 2.24) is 10.6 Å². The summed E-state index contributed by atoms with van der Waals surface area (Å²) in [5.41, 5.74) is 0. The standard InChI is InChI=1S/C11H20N2O3/c1-6-4-9(6)5-12-11(16)13-8(3)7(2)10(14)15/h6-9H,4-5H2,1-3H3,(H,14,15)(H2,12,13,16). The van der Waals surface area contributed by atoms with Crippen LogP contribution < -0.4 is 10.6 Å². The van der Waals surface area contributed by atoms with E-state index in [1.807, 2.05) is 0 Å². The Morgan fingerprint density at radius 3 is 2.44 bits per heavy atom. The summed E-state index contributed by atoms with van der Waals surface area (Å²) in [6.45, 7) is 6.11. The zero-order chi connectivity index (χ0) is 12.3. The van der Waals surface area contributed by atoms with Crippen molar-refractivity contribution in [3.63, 3.8) is 0 Å². The molecule has 0 spiro atoms. The number of amides is 2. The number of carboxylic acids is 1. The summed E-state index contributed by atoms with van der Waals surface area (Å²) in [5, 5.41) is 14.1. The van der Waals surface area contributed by atoms with Crippen LogP contribution in [0.15, 0.2) is 0 Å². The zero-order valence-corrected chi connectivity index (χ0v) is 9.99. The van der Waals surface area contributed by atoms with E-state index < -0.39 is 11.9 Å². The average Bonchev–Trinajstić information content (AvgIpc) is 2.90. The summed E-state index contributed by atoms with van der Waals surface area (Å²) in [6.07, 6.45) is 1.17. The van der Waals surface area contributed by atoms with Gasteiger partial charge < -0.3 is 15.7 Å². The van der Waals surface area contributed by atoms with Crippen LogP contribution in [0.2, 0.25) is 0 Å². The van der Waals surface area contributed by atoms with Crippen LogP contribution in [0.4, 0.5) is 4.79 Å². The molecule has 0 aromatic rings. The third kappa shape index (κ3) is 3.72. The van der Waals surface area contributed by atoms with Crippen molar-refractivity contribution in [2.45, 2.75) is 33.2 Å². The van der Waals surface area contributed by atoms with Gasteiger partial charge in [0.05, 0.1) is 5.92 Å². The maximum atomic E-state index is 11.4. The van der Waals surface area contributed by atoms with Crippen molar-refractivity contribution in [2.75, 3.05) is 6.54 Å². The molecule has 4 unspecified atom stereocenters. The molecule has 16 heavy (non-hydrogen) atoms. The lowest BCUT2D eigenvalue weighted by atomic mass is 10.0. The Bertz CT molecular complexity index is 280. The van der Waals surface area contributed by atoms with E-state index in [1.54, 1.807) is 13.8 Å². The molecule has 92 valence electrons. The molecule has 0 heterocycles. The van der Waals surface area contributed by atoms with Gasteiger partial charge in [0.1, 0.15) is 0 Å². The SMILES string of the molecule is CC1CC1CNC(=O)NC(C)C(C)C(=O)O. The quantitative estimate of drug-likeness (QED) is 0.658. The van der Waals surface area contributed by atoms with Crippen molar-refractivity contribution in [1.29, 1.82) is 0 Å². The van der Waals surface area contributed by atoms with Gasteiger partial charge in [0.2, 0.25) is 0 Å². The highest BCUT2D eigenvalue weighted by atomic mass is 16.4. The van der Waals surface area contributed by atoms with Crippen LogP contribution in [-0.2, 0) is 4.79 Å². The van der Waals surface area contributed by atoms with Gasteiger partial charge >= 0.3 is 12.0 Å². The molecule has 0 bridgehead atoms. The van der Waals surface area contributed by atoms with Gasteiger partial charge in [-0.25, -0.2) is 4.79 Å². The summed E-state index contributed by atoms with van der Waals surface area (Å²) < 4.78 is 0. The predicted octanol–water partition coefficient (Wildman–Crippen LogP) is 1.05. The maximum Gasteiger partial charge on any atom is 0.315 e. The first kappa shape index (κ1) is 12.8. The number of aliphatic carboxylic acids is 1. The summed E-state index contributed by atoms with van der Waals surface area (Å²) in [4.78, 5) is 22.1. The number of urea groups is 1. The third-order valence-electron chi connectivity index (χ3n) is 3.30. The van der Waals surface area contributed by atoms with Crippen LogP contribution in [0.3, 0.4) is 0 Å². The van der Waals surface area contributed by atoms with E-state index in [4.69, 9.17) is 5.11 Å². The van der Waals surface area contributed by atoms with Gasteiger partial charge in [-0.3, -0.25) is 4.79 Å². The molecule has 4 atom stereocenters. The Kier molecular flexibility index (Phi) is 4.15. The number of hydrogen-bond acceptors (Lipinski definition) is 2. The van der Waals surface area contributed by atoms with Crippen molar-refractivity contribution < 1.29 is 14.7 Å². The highest BCUT2D eigenvalue weighted by molar-refractivity contribution is 5.76. The lowest BCUT2D eigenvalue weighted by Crippen LogP contribution is -2.45. The van der Waals surface area contributed by atoms with Gasteiger partial charge in [-0.05, 0) is 32.1 Å². The van der Waals surface area contributed by atoms with Crippen LogP contribution in [0, 0.1) is 17.8 Å². The molecule has 1 saturated carbocycles. The summed E-state index contributed by atoms with van der Waals surface area (Å²) in [6, 6.07) is -0.645. The summed E-state index contributed by atoms with van der Waals surface area (Å²) in [7, 11) is 0. The van der Waals surface area contributed by atoms with Crippen molar-refractivity contribution in [3.8, 4) is 0 Å². The molecule has 0 saturated heterocycles. The minimum absolute atomic E-state index is 0.278. The summed E-state index contributed by atoms with van der Waals surface area (Å²) >= 11 is 0. The number of carbonyl (C=O) groups excluding carboxylic acids is 1. The molecular weight excluding hydrogens is 208 g/mol. The van der Waals surface area contributed by atoms with E-state index in [9.17, 15) is 9.59 Å². The van der Waals surface area contributed by atoms with Crippen LogP contribution >= 0.6 is 0 Å². The normalized spacial score (nSPS) is 26.7. The Morgan fingerprint density at radius 2 is 2.00 bits per heavy atom. The molecule has 0 radical (unpaired) electrons. The first-order chi connectivity index (χ1) is 7.41. The number of hydrogen-bond donors (Lipinski definition) is 3. The first-order valence-electron chi connectivity index (χ1n) is 5.69. The molecule has 5 nitrogen and oxygen atoms in total. The second-order valence-corrected chi connectivity index (χ2v) is 4.74. The van der Waals surface area contributed by atoms with Gasteiger partial charge in [0.25, 0.3) is 0 Å². The Labute approximate surface area is 95.6 Å². The fourth-order valence-corrected chi connectivity index (χ4v) is 1.50. The molecule has 5 heteroatoms. The average molecular weight is 228 g/mol. The molecule has 1 fully saturated rings. The molecule has 1 aliphatic rings. The first-order valence-corrected chi connectivity index (χ1v) is 5.69. The molecule has 2 amide bonds. The molecule has 0 aromatic carbocycles. The van der Waals surface area contributed by atoms with Gasteiger partial charge in [-0.15, -0.1) is 0 Å². The monoisotopic (exact) mass is 228 g/mol. The van der Waals surface area contributed by atoms with E-state index in [2.05, 4.69) is 17.6 Å². The number of nitrogens with one attached hydrogen (secondary N) is 2. The van der Waals surface area contributed by atoms with Gasteiger partial charge in [-0.1, -0.05) is 6.92 Å². The van der Waals surface area contributed by atoms with Gasteiger partial charge in [0, 0.05) is 12.6 Å². The predicted molar refractivity (Wildman–Crippen MR) is 60.1 cm³/mol. The maximum absolute atomic E-state index is 11.4. The summed E-state index contributed by atoms with van der Waals surface area (Å²) in [5.74, 6) is -0.178. The molecule has 3 N–H and O–H groups in total. The van der Waals surface area contributed by atoms with Crippen LogP contribution in [-0.4, -0.2) is 29.7 Å². The molecule has 0 aromatic heterocycles. The van der Waals surface area contributed by atoms with Crippen LogP contribution in [0.25, 0.3) is 0 Å². The Morgan fingerprint density at radius 1 is 1.44 bits per heavy atom. The minimum atomic E-state index is -0.899. The van der Waals surface area contributed by atoms with Crippen molar-refractivity contribution >= 4 is 12.0 Å². The largest absolute Gasteiger partial charge is 0.481 e. The number of carboxylic acid groups (broad SMARTS) is 1. The molecule has 1 aliphatic carbocycles. The fraction of sp³-hybridized carbons (Fsp3) is 0.818. The van der Waals surface area contributed by atoms with Crippen molar-refractivity contribution in [3.05, 3.63) is 0 Å². The number of carbonyl (C=O) groups is 2. The second kappa shape index (κ2) is 5.18. The topological polar surface area (TPSA) is 78.4 Å². The van der Waals surface area contributed by atoms with E-state index in [0.717, 1.165) is 0 Å². The van der Waals surface area contributed by atoms with E-state index in [0.29, 0.717) is 18.4 Å². The molecule has 0 aliphatic heterocycles. The minimum Gasteiger partial charge on any atom is -0.481 e. The van der Waals surface area contributed by atoms with Crippen molar-refractivity contribution in [2.24, 2.45) is 17.8 Å². The highest BCUT2D eigenvalue weighted by Crippen LogP contribution is 2.36. The van der Waals surface area contributed by atoms with Gasteiger partial charge in [-0.2, -0.15) is 0 Å². The van der Waals surface area contributed by atoms with Crippen LogP contribution in [0.5, 0.6) is 0 Å². The Hall–Kier alpha value is -1.26. The molecule has 1 rings (SSSR count). The highest BCUT2D eigenvalue weighted by Gasteiger charge is 2.32. The lowest BCUT2D eigenvalue weighted by Gasteiger charge is -2.18. The Balaban J connectivity index is 2.20. The number of rotatable bonds is 5.